The monoisotopic (exact) mass is 1160 g/mol. The largest absolute Gasteiger partial charge is 0.394 e. The molecule has 0 aromatic rings. The van der Waals surface area contributed by atoms with Gasteiger partial charge in [0.2, 0.25) is 5.91 Å². The number of aliphatic hydroxyl groups excluding tert-OH is 11. The van der Waals surface area contributed by atoms with E-state index >= 15 is 0 Å². The van der Waals surface area contributed by atoms with Gasteiger partial charge in [-0.25, -0.2) is 0 Å². The summed E-state index contributed by atoms with van der Waals surface area (Å²) < 4.78 is 34.3. The number of ether oxygens (including phenoxy) is 6. The van der Waals surface area contributed by atoms with Crippen LogP contribution >= 0.6 is 0 Å². The average molecular weight is 1160 g/mol. The van der Waals surface area contributed by atoms with E-state index in [1.807, 2.05) is 6.08 Å². The summed E-state index contributed by atoms with van der Waals surface area (Å²) in [6.07, 6.45) is 20.5. The Morgan fingerprint density at radius 1 is 0.432 bits per heavy atom. The van der Waals surface area contributed by atoms with Crippen LogP contribution in [0.5, 0.6) is 0 Å². The zero-order chi connectivity index (χ0) is 59.0. The van der Waals surface area contributed by atoms with E-state index in [4.69, 9.17) is 28.4 Å². The number of amides is 1. The van der Waals surface area contributed by atoms with E-state index in [9.17, 15) is 61.0 Å². The first-order chi connectivity index (χ1) is 39.3. The highest BCUT2D eigenvalue weighted by Gasteiger charge is 2.53. The number of unbranched alkanes of at least 4 members (excludes halogenated alkanes) is 33. The Balaban J connectivity index is 1.44. The van der Waals surface area contributed by atoms with Crippen molar-refractivity contribution in [1.29, 1.82) is 0 Å². The van der Waals surface area contributed by atoms with Crippen LogP contribution in [0.1, 0.15) is 245 Å². The van der Waals surface area contributed by atoms with Crippen LogP contribution in [0.3, 0.4) is 0 Å². The smallest absolute Gasteiger partial charge is 0.220 e. The Kier molecular flexibility index (Phi) is 41.7. The Labute approximate surface area is 486 Å². The first-order valence-corrected chi connectivity index (χ1v) is 32.4. The van der Waals surface area contributed by atoms with E-state index in [0.717, 1.165) is 44.9 Å². The van der Waals surface area contributed by atoms with Crippen molar-refractivity contribution in [2.75, 3.05) is 26.4 Å². The topological polar surface area (TPSA) is 307 Å². The average Bonchev–Trinajstić information content (AvgIpc) is 3.57. The highest BCUT2D eigenvalue weighted by Crippen LogP contribution is 2.33. The highest BCUT2D eigenvalue weighted by molar-refractivity contribution is 5.76. The summed E-state index contributed by atoms with van der Waals surface area (Å²) in [4.78, 5) is 13.3. The molecule has 3 fully saturated rings. The van der Waals surface area contributed by atoms with Crippen LogP contribution in [-0.2, 0) is 33.2 Å². The lowest BCUT2D eigenvalue weighted by Crippen LogP contribution is -2.66. The van der Waals surface area contributed by atoms with Gasteiger partial charge in [0.1, 0.15) is 73.2 Å². The van der Waals surface area contributed by atoms with E-state index in [1.165, 1.54) is 173 Å². The van der Waals surface area contributed by atoms with Gasteiger partial charge in [-0.15, -0.1) is 0 Å². The molecule has 0 aromatic heterocycles. The number of hydrogen-bond acceptors (Lipinski definition) is 18. The van der Waals surface area contributed by atoms with Crippen LogP contribution in [0.15, 0.2) is 12.2 Å². The predicted molar refractivity (Wildman–Crippen MR) is 310 cm³/mol. The lowest BCUT2D eigenvalue weighted by Gasteiger charge is -2.48. The lowest BCUT2D eigenvalue weighted by atomic mass is 9.96. The first kappa shape index (κ1) is 73.8. The molecule has 3 heterocycles. The number of aliphatic hydroxyl groups is 11. The molecule has 0 aromatic carbocycles. The SMILES string of the molecule is CCCCCCCCCCCCC/C=C/C(O)C(COC1OC(CO)C(OC2OC(CO)C(OC3OC(CO)C(O)C(O)C3O)C(O)C2O)C(O)C1O)NC(=O)CCCCCCCCCCCCCCCCCCCCCCCCC. The van der Waals surface area contributed by atoms with Crippen molar-refractivity contribution in [2.45, 2.75) is 349 Å². The molecule has 81 heavy (non-hydrogen) atoms. The van der Waals surface area contributed by atoms with E-state index < -0.39 is 124 Å². The molecule has 0 radical (unpaired) electrons. The summed E-state index contributed by atoms with van der Waals surface area (Å²) in [7, 11) is 0. The van der Waals surface area contributed by atoms with E-state index in [2.05, 4.69) is 19.2 Å². The van der Waals surface area contributed by atoms with Gasteiger partial charge in [-0.05, 0) is 19.3 Å². The van der Waals surface area contributed by atoms with Gasteiger partial charge < -0.3 is 89.9 Å². The van der Waals surface area contributed by atoms with Crippen LogP contribution in [0.4, 0.5) is 0 Å². The van der Waals surface area contributed by atoms with E-state index in [1.54, 1.807) is 6.08 Å². The highest BCUT2D eigenvalue weighted by atomic mass is 16.8. The fraction of sp³-hybridized carbons (Fsp3) is 0.952. The summed E-state index contributed by atoms with van der Waals surface area (Å²) in [6, 6.07) is -0.967. The number of allylic oxidation sites excluding steroid dienone is 1. The molecule has 3 saturated heterocycles. The van der Waals surface area contributed by atoms with Crippen molar-refractivity contribution in [3.63, 3.8) is 0 Å². The summed E-state index contributed by atoms with van der Waals surface area (Å²) in [5.41, 5.74) is 0. The van der Waals surface area contributed by atoms with Crippen molar-refractivity contribution in [2.24, 2.45) is 0 Å². The quantitative estimate of drug-likeness (QED) is 0.0217. The van der Waals surface area contributed by atoms with Crippen LogP contribution in [0.2, 0.25) is 0 Å². The minimum absolute atomic E-state index is 0.249. The Bertz CT molecular complexity index is 1530. The number of rotatable bonds is 49. The van der Waals surface area contributed by atoms with Crippen LogP contribution in [0, 0.1) is 0 Å². The number of hydrogen-bond donors (Lipinski definition) is 12. The third-order valence-electron chi connectivity index (χ3n) is 16.6. The Hall–Kier alpha value is -1.47. The zero-order valence-corrected chi connectivity index (χ0v) is 50.0. The molecule has 19 heteroatoms. The summed E-state index contributed by atoms with van der Waals surface area (Å²) >= 11 is 0. The Morgan fingerprint density at radius 3 is 1.16 bits per heavy atom. The van der Waals surface area contributed by atoms with Gasteiger partial charge in [-0.3, -0.25) is 4.79 Å². The Morgan fingerprint density at radius 2 is 0.765 bits per heavy atom. The molecule has 0 spiro atoms. The maximum absolute atomic E-state index is 13.3. The maximum Gasteiger partial charge on any atom is 0.220 e. The van der Waals surface area contributed by atoms with Gasteiger partial charge in [0.25, 0.3) is 0 Å². The molecular formula is C62H117NO18. The first-order valence-electron chi connectivity index (χ1n) is 32.4. The van der Waals surface area contributed by atoms with Crippen LogP contribution < -0.4 is 5.32 Å². The summed E-state index contributed by atoms with van der Waals surface area (Å²) in [6.45, 7) is 1.74. The molecule has 0 aliphatic carbocycles. The van der Waals surface area contributed by atoms with Crippen molar-refractivity contribution < 1.29 is 89.4 Å². The van der Waals surface area contributed by atoms with Gasteiger partial charge in [-0.2, -0.15) is 0 Å². The second-order valence-electron chi connectivity index (χ2n) is 23.6. The molecule has 3 aliphatic rings. The standard InChI is InChI=1S/C62H117NO18/c1-3-5-7-9-11-13-15-17-18-19-20-21-22-23-24-25-26-28-30-32-34-36-38-40-50(68)63-45(46(67)39-37-35-33-31-29-27-16-14-12-10-8-6-4-2)44-76-60-56(74)53(71)58(48(42-65)78-60)81-62-57(75)54(72)59(49(43-66)79-62)80-61-55(73)52(70)51(69)47(41-64)77-61/h37,39,45-49,51-62,64-67,69-75H,3-36,38,40-44H2,1-2H3,(H,63,68)/b39-37+. The van der Waals surface area contributed by atoms with Gasteiger partial charge >= 0.3 is 0 Å². The molecular weight excluding hydrogens is 1050 g/mol. The fourth-order valence-electron chi connectivity index (χ4n) is 11.3. The van der Waals surface area contributed by atoms with Crippen molar-refractivity contribution in [1.82, 2.24) is 5.32 Å². The number of nitrogens with one attached hydrogen (secondary N) is 1. The summed E-state index contributed by atoms with van der Waals surface area (Å²) in [5, 5.41) is 120. The van der Waals surface area contributed by atoms with Gasteiger partial charge in [0, 0.05) is 6.42 Å². The minimum Gasteiger partial charge on any atom is -0.394 e. The molecule has 3 aliphatic heterocycles. The van der Waals surface area contributed by atoms with Crippen LogP contribution in [0.25, 0.3) is 0 Å². The van der Waals surface area contributed by atoms with Gasteiger partial charge in [0.15, 0.2) is 18.9 Å². The minimum atomic E-state index is -1.97. The second-order valence-corrected chi connectivity index (χ2v) is 23.6. The van der Waals surface area contributed by atoms with E-state index in [-0.39, 0.29) is 18.9 Å². The molecule has 19 nitrogen and oxygen atoms in total. The summed E-state index contributed by atoms with van der Waals surface area (Å²) in [5.74, 6) is -0.271. The maximum atomic E-state index is 13.3. The number of carbonyl (C=O) groups excluding carboxylic acids is 1. The third kappa shape index (κ3) is 29.2. The third-order valence-corrected chi connectivity index (χ3v) is 16.6. The van der Waals surface area contributed by atoms with Crippen molar-refractivity contribution in [3.8, 4) is 0 Å². The molecule has 1 amide bonds. The predicted octanol–water partition coefficient (Wildman–Crippen LogP) is 6.94. The normalized spacial score (nSPS) is 29.8. The molecule has 12 N–H and O–H groups in total. The molecule has 0 saturated carbocycles. The van der Waals surface area contributed by atoms with Crippen LogP contribution in [-0.4, -0.2) is 193 Å². The van der Waals surface area contributed by atoms with Crippen molar-refractivity contribution in [3.05, 3.63) is 12.2 Å². The zero-order valence-electron chi connectivity index (χ0n) is 50.0. The van der Waals surface area contributed by atoms with E-state index in [0.29, 0.717) is 6.42 Å². The molecule has 3 rings (SSSR count). The molecule has 0 bridgehead atoms. The fourth-order valence-corrected chi connectivity index (χ4v) is 11.3. The van der Waals surface area contributed by atoms with Gasteiger partial charge in [0.05, 0.1) is 38.6 Å². The molecule has 17 unspecified atom stereocenters. The molecule has 478 valence electrons. The number of carbonyl (C=O) groups is 1. The van der Waals surface area contributed by atoms with Crippen molar-refractivity contribution >= 4 is 5.91 Å². The molecule has 17 atom stereocenters. The van der Waals surface area contributed by atoms with Gasteiger partial charge in [-0.1, -0.05) is 231 Å². The second kappa shape index (κ2) is 45.8. The lowest BCUT2D eigenvalue weighted by molar-refractivity contribution is -0.379.